The molecule has 7 nitrogen and oxygen atoms in total. The molecule has 1 aliphatic heterocycles. The van der Waals surface area contributed by atoms with Gasteiger partial charge in [-0.3, -0.25) is 19.3 Å². The molecule has 1 saturated heterocycles. The normalized spacial score (nSPS) is 14.8. The molecule has 0 radical (unpaired) electrons. The van der Waals surface area contributed by atoms with Crippen LogP contribution in [-0.4, -0.2) is 42.2 Å². The van der Waals surface area contributed by atoms with Gasteiger partial charge in [-0.1, -0.05) is 17.7 Å². The van der Waals surface area contributed by atoms with Crippen molar-refractivity contribution < 1.29 is 23.9 Å². The highest BCUT2D eigenvalue weighted by atomic mass is 127. The number of benzene rings is 2. The molecule has 0 saturated carbocycles. The second-order valence-electron chi connectivity index (χ2n) is 6.65. The van der Waals surface area contributed by atoms with Gasteiger partial charge in [0.1, 0.15) is 6.54 Å². The Balaban J connectivity index is 1.75. The second kappa shape index (κ2) is 10.2. The lowest BCUT2D eigenvalue weighted by molar-refractivity contribution is -0.127. The van der Waals surface area contributed by atoms with Crippen molar-refractivity contribution in [1.82, 2.24) is 4.90 Å². The van der Waals surface area contributed by atoms with E-state index in [9.17, 15) is 14.4 Å². The maximum Gasteiger partial charge on any atom is 0.294 e. The van der Waals surface area contributed by atoms with Gasteiger partial charge >= 0.3 is 0 Å². The van der Waals surface area contributed by atoms with Gasteiger partial charge in [0.25, 0.3) is 11.1 Å². The zero-order valence-electron chi connectivity index (χ0n) is 17.2. The van der Waals surface area contributed by atoms with Crippen LogP contribution in [0.5, 0.6) is 11.5 Å². The molecule has 3 rings (SSSR count). The van der Waals surface area contributed by atoms with Crippen LogP contribution in [0.1, 0.15) is 18.1 Å². The average molecular weight is 552 g/mol. The zero-order chi connectivity index (χ0) is 22.5. The zero-order valence-corrected chi connectivity index (χ0v) is 20.2. The minimum absolute atomic E-state index is 0.247. The van der Waals surface area contributed by atoms with E-state index in [0.717, 1.165) is 25.8 Å². The van der Waals surface area contributed by atoms with E-state index < -0.39 is 17.1 Å². The van der Waals surface area contributed by atoms with Crippen molar-refractivity contribution in [2.24, 2.45) is 0 Å². The highest BCUT2D eigenvalue weighted by molar-refractivity contribution is 14.1. The molecule has 162 valence electrons. The van der Waals surface area contributed by atoms with E-state index in [4.69, 9.17) is 9.47 Å². The molecular weight excluding hydrogens is 531 g/mol. The van der Waals surface area contributed by atoms with Gasteiger partial charge in [0, 0.05) is 5.69 Å². The Morgan fingerprint density at radius 1 is 1.23 bits per heavy atom. The first kappa shape index (κ1) is 23.1. The first-order valence-electron chi connectivity index (χ1n) is 9.44. The lowest BCUT2D eigenvalue weighted by Crippen LogP contribution is -2.36. The summed E-state index contributed by atoms with van der Waals surface area (Å²) in [5.74, 6) is 0.225. The number of ether oxygens (including phenoxy) is 2. The lowest BCUT2D eigenvalue weighted by Gasteiger charge is -2.13. The number of imide groups is 1. The Labute approximate surface area is 198 Å². The number of methoxy groups -OCH3 is 1. The number of rotatable bonds is 7. The highest BCUT2D eigenvalue weighted by Crippen LogP contribution is 2.37. The smallest absolute Gasteiger partial charge is 0.294 e. The highest BCUT2D eigenvalue weighted by Gasteiger charge is 2.36. The molecule has 31 heavy (non-hydrogen) atoms. The molecule has 9 heteroatoms. The number of thioether (sulfide) groups is 1. The van der Waals surface area contributed by atoms with Gasteiger partial charge in [0.15, 0.2) is 11.5 Å². The second-order valence-corrected chi connectivity index (χ2v) is 8.80. The van der Waals surface area contributed by atoms with Crippen LogP contribution in [0.25, 0.3) is 6.08 Å². The number of hydrogen-bond acceptors (Lipinski definition) is 6. The molecule has 0 atom stereocenters. The van der Waals surface area contributed by atoms with Crippen molar-refractivity contribution >= 4 is 63.2 Å². The number of amides is 3. The molecule has 0 bridgehead atoms. The number of halogens is 1. The molecular formula is C22H21IN2O5S. The van der Waals surface area contributed by atoms with E-state index in [1.807, 2.05) is 32.0 Å². The fraction of sp³-hybridized carbons (Fsp3) is 0.227. The minimum atomic E-state index is -0.502. The molecule has 0 aromatic heterocycles. The van der Waals surface area contributed by atoms with Gasteiger partial charge in [-0.2, -0.15) is 0 Å². The number of hydrogen-bond donors (Lipinski definition) is 1. The van der Waals surface area contributed by atoms with Crippen LogP contribution in [0.2, 0.25) is 0 Å². The Morgan fingerprint density at radius 3 is 2.58 bits per heavy atom. The predicted octanol–water partition coefficient (Wildman–Crippen LogP) is 4.68. The van der Waals surface area contributed by atoms with Crippen molar-refractivity contribution in [3.05, 3.63) is 56.0 Å². The Hall–Kier alpha value is -2.53. The van der Waals surface area contributed by atoms with Gasteiger partial charge < -0.3 is 14.8 Å². The summed E-state index contributed by atoms with van der Waals surface area (Å²) < 4.78 is 11.8. The molecule has 0 unspecified atom stereocenters. The number of anilines is 1. The Kier molecular flexibility index (Phi) is 7.60. The quantitative estimate of drug-likeness (QED) is 0.397. The van der Waals surface area contributed by atoms with Crippen molar-refractivity contribution in [1.29, 1.82) is 0 Å². The van der Waals surface area contributed by atoms with Crippen LogP contribution < -0.4 is 14.8 Å². The van der Waals surface area contributed by atoms with Gasteiger partial charge in [0.2, 0.25) is 5.91 Å². The lowest BCUT2D eigenvalue weighted by atomic mass is 10.2. The van der Waals surface area contributed by atoms with Gasteiger partial charge in [-0.05, 0) is 84.1 Å². The summed E-state index contributed by atoms with van der Waals surface area (Å²) in [5, 5.41) is 2.22. The SMILES string of the molecule is CCOc1cc(/C=C2/SC(=O)N(CC(=O)Nc3ccc(C)cc3)C2=O)cc(I)c1OC. The third-order valence-corrected chi connectivity index (χ3v) is 6.05. The summed E-state index contributed by atoms with van der Waals surface area (Å²) >= 11 is 2.93. The summed E-state index contributed by atoms with van der Waals surface area (Å²) in [6.07, 6.45) is 1.62. The molecule has 1 fully saturated rings. The van der Waals surface area contributed by atoms with E-state index in [2.05, 4.69) is 27.9 Å². The standard InChI is InChI=1S/C22H21IN2O5S/c1-4-30-17-10-14(9-16(23)20(17)29-3)11-18-21(27)25(22(28)31-18)12-19(26)24-15-7-5-13(2)6-8-15/h5-11H,4,12H2,1-3H3,(H,24,26)/b18-11+. The maximum atomic E-state index is 12.7. The van der Waals surface area contributed by atoms with E-state index in [1.165, 1.54) is 0 Å². The third-order valence-electron chi connectivity index (χ3n) is 4.34. The molecule has 1 heterocycles. The first-order valence-corrected chi connectivity index (χ1v) is 11.3. The largest absolute Gasteiger partial charge is 0.492 e. The minimum Gasteiger partial charge on any atom is -0.492 e. The van der Waals surface area contributed by atoms with Crippen LogP contribution in [0.15, 0.2) is 41.3 Å². The van der Waals surface area contributed by atoms with Crippen LogP contribution in [0.3, 0.4) is 0 Å². The van der Waals surface area contributed by atoms with Crippen LogP contribution in [-0.2, 0) is 9.59 Å². The molecule has 2 aromatic rings. The molecule has 1 aliphatic rings. The Morgan fingerprint density at radius 2 is 1.94 bits per heavy atom. The molecule has 2 aromatic carbocycles. The monoisotopic (exact) mass is 552 g/mol. The molecule has 1 N–H and O–H groups in total. The van der Waals surface area contributed by atoms with Gasteiger partial charge in [-0.15, -0.1) is 0 Å². The number of aryl methyl sites for hydroxylation is 1. The van der Waals surface area contributed by atoms with E-state index >= 15 is 0 Å². The fourth-order valence-corrected chi connectivity index (χ4v) is 4.58. The number of nitrogens with zero attached hydrogens (tertiary/aromatic N) is 1. The fourth-order valence-electron chi connectivity index (χ4n) is 2.90. The summed E-state index contributed by atoms with van der Waals surface area (Å²) in [6, 6.07) is 10.9. The van der Waals surface area contributed by atoms with E-state index in [0.29, 0.717) is 29.4 Å². The molecule has 0 aliphatic carbocycles. The molecule has 3 amide bonds. The van der Waals surface area contributed by atoms with E-state index in [-0.39, 0.29) is 11.4 Å². The number of carbonyl (C=O) groups is 3. The van der Waals surface area contributed by atoms with Gasteiger partial charge in [-0.25, -0.2) is 0 Å². The number of carbonyl (C=O) groups excluding carboxylic acids is 3. The third kappa shape index (κ3) is 5.59. The van der Waals surface area contributed by atoms with Crippen molar-refractivity contribution in [3.8, 4) is 11.5 Å². The maximum absolute atomic E-state index is 12.7. The summed E-state index contributed by atoms with van der Waals surface area (Å²) in [5.41, 5.74) is 2.37. The van der Waals surface area contributed by atoms with E-state index in [1.54, 1.807) is 31.4 Å². The summed E-state index contributed by atoms with van der Waals surface area (Å²) in [7, 11) is 1.56. The summed E-state index contributed by atoms with van der Waals surface area (Å²) in [6.45, 7) is 3.92. The van der Waals surface area contributed by atoms with Crippen LogP contribution in [0, 0.1) is 10.5 Å². The summed E-state index contributed by atoms with van der Waals surface area (Å²) in [4.78, 5) is 38.6. The van der Waals surface area contributed by atoms with Crippen molar-refractivity contribution in [2.75, 3.05) is 25.6 Å². The number of nitrogens with one attached hydrogen (secondary N) is 1. The van der Waals surface area contributed by atoms with Crippen LogP contribution >= 0.6 is 34.4 Å². The van der Waals surface area contributed by atoms with Crippen LogP contribution in [0.4, 0.5) is 10.5 Å². The predicted molar refractivity (Wildman–Crippen MR) is 129 cm³/mol. The first-order chi connectivity index (χ1) is 14.8. The average Bonchev–Trinajstić information content (AvgIpc) is 2.97. The van der Waals surface area contributed by atoms with Gasteiger partial charge in [0.05, 0.1) is 22.2 Å². The topological polar surface area (TPSA) is 84.9 Å². The van der Waals surface area contributed by atoms with Crippen molar-refractivity contribution in [3.63, 3.8) is 0 Å². The Bertz CT molecular complexity index is 1050. The van der Waals surface area contributed by atoms with Crippen molar-refractivity contribution in [2.45, 2.75) is 13.8 Å². The molecule has 0 spiro atoms.